The van der Waals surface area contributed by atoms with Crippen molar-refractivity contribution < 1.29 is 9.00 Å². The van der Waals surface area contributed by atoms with Gasteiger partial charge in [-0.15, -0.1) is 0 Å². The molecule has 0 bridgehead atoms. The lowest BCUT2D eigenvalue weighted by Crippen LogP contribution is -2.29. The quantitative estimate of drug-likeness (QED) is 0.754. The fraction of sp³-hybridized carbons (Fsp3) is 0.462. The van der Waals surface area contributed by atoms with E-state index >= 15 is 0 Å². The van der Waals surface area contributed by atoms with Gasteiger partial charge in [0.25, 0.3) is 0 Å². The van der Waals surface area contributed by atoms with Gasteiger partial charge in [-0.05, 0) is 12.0 Å². The van der Waals surface area contributed by atoms with E-state index in [1.54, 1.807) is 0 Å². The van der Waals surface area contributed by atoms with Crippen LogP contribution in [0.2, 0.25) is 0 Å². The third-order valence-electron chi connectivity index (χ3n) is 2.32. The Morgan fingerprint density at radius 1 is 1.29 bits per heavy atom. The number of rotatable bonds is 7. The van der Waals surface area contributed by atoms with Gasteiger partial charge in [0.05, 0.1) is 0 Å². The zero-order valence-electron chi connectivity index (χ0n) is 10.1. The Morgan fingerprint density at radius 2 is 2.00 bits per heavy atom. The van der Waals surface area contributed by atoms with Crippen LogP contribution in [0.3, 0.4) is 0 Å². The Balaban J connectivity index is 2.27. The van der Waals surface area contributed by atoms with Gasteiger partial charge in [0, 0.05) is 23.1 Å². The van der Waals surface area contributed by atoms with Crippen LogP contribution in [0, 0.1) is 0 Å². The third-order valence-corrected chi connectivity index (χ3v) is 3.55. The molecule has 1 amide bonds. The molecule has 94 valence electrons. The number of hydrogen-bond acceptors (Lipinski definition) is 2. The monoisotopic (exact) mass is 253 g/mol. The average Bonchev–Trinajstić information content (AvgIpc) is 2.30. The first-order valence-electron chi connectivity index (χ1n) is 5.88. The van der Waals surface area contributed by atoms with Crippen molar-refractivity contribution in [2.24, 2.45) is 0 Å². The minimum absolute atomic E-state index is 0.0958. The molecule has 1 rings (SSSR count). The van der Waals surface area contributed by atoms with Crippen molar-refractivity contribution in [1.82, 2.24) is 5.32 Å². The normalized spacial score (nSPS) is 12.1. The summed E-state index contributed by atoms with van der Waals surface area (Å²) in [5.41, 5.74) is 1.01. The third kappa shape index (κ3) is 6.22. The van der Waals surface area contributed by atoms with Gasteiger partial charge in [-0.2, -0.15) is 0 Å². The number of benzene rings is 1. The zero-order chi connectivity index (χ0) is 12.5. The van der Waals surface area contributed by atoms with Crippen LogP contribution < -0.4 is 5.32 Å². The molecule has 1 N–H and O–H groups in total. The van der Waals surface area contributed by atoms with Crippen molar-refractivity contribution in [2.45, 2.75) is 25.5 Å². The summed E-state index contributed by atoms with van der Waals surface area (Å²) in [4.78, 5) is 11.4. The van der Waals surface area contributed by atoms with Crippen LogP contribution >= 0.6 is 0 Å². The molecule has 0 radical (unpaired) electrons. The fourth-order valence-corrected chi connectivity index (χ4v) is 2.47. The highest BCUT2D eigenvalue weighted by Crippen LogP contribution is 2.02. The molecule has 3 nitrogen and oxygen atoms in total. The first-order valence-corrected chi connectivity index (χ1v) is 7.36. The maximum absolute atomic E-state index is 11.7. The Labute approximate surface area is 105 Å². The highest BCUT2D eigenvalue weighted by molar-refractivity contribution is 7.84. The van der Waals surface area contributed by atoms with Crippen molar-refractivity contribution in [3.8, 4) is 0 Å². The predicted octanol–water partition coefficient (Wildman–Crippen LogP) is 1.85. The van der Waals surface area contributed by atoms with Crippen LogP contribution in [0.1, 0.15) is 25.3 Å². The van der Waals surface area contributed by atoms with Crippen LogP contribution in [0.25, 0.3) is 0 Å². The number of nitrogens with one attached hydrogen (secondary N) is 1. The summed E-state index contributed by atoms with van der Waals surface area (Å²) < 4.78 is 11.7. The Bertz CT molecular complexity index is 365. The lowest BCUT2D eigenvalue weighted by atomic mass is 10.2. The number of unbranched alkanes of at least 4 members (excludes halogenated alkanes) is 1. The summed E-state index contributed by atoms with van der Waals surface area (Å²) in [6, 6.07) is 9.59. The number of hydrogen-bond donors (Lipinski definition) is 1. The van der Waals surface area contributed by atoms with Gasteiger partial charge in [-0.3, -0.25) is 9.00 Å². The Kier molecular flexibility index (Phi) is 6.55. The summed E-state index contributed by atoms with van der Waals surface area (Å²) >= 11 is 0. The molecule has 0 aliphatic rings. The molecule has 0 saturated heterocycles. The Morgan fingerprint density at radius 3 is 2.65 bits per heavy atom. The topological polar surface area (TPSA) is 46.2 Å². The number of carbonyl (C=O) groups excluding carboxylic acids is 1. The van der Waals surface area contributed by atoms with E-state index < -0.39 is 10.8 Å². The summed E-state index contributed by atoms with van der Waals surface area (Å²) in [6.07, 6.45) is 2.02. The lowest BCUT2D eigenvalue weighted by molar-refractivity contribution is -0.118. The van der Waals surface area contributed by atoms with Gasteiger partial charge in [0.2, 0.25) is 5.91 Å². The second-order valence-electron chi connectivity index (χ2n) is 3.92. The average molecular weight is 253 g/mol. The van der Waals surface area contributed by atoms with Crippen LogP contribution in [-0.2, 0) is 21.3 Å². The minimum atomic E-state index is -1.12. The summed E-state index contributed by atoms with van der Waals surface area (Å²) in [7, 11) is -1.12. The molecule has 0 aliphatic heterocycles. The molecule has 1 aromatic rings. The highest BCUT2D eigenvalue weighted by Gasteiger charge is 2.07. The fourth-order valence-electron chi connectivity index (χ4n) is 1.41. The van der Waals surface area contributed by atoms with Gasteiger partial charge in [-0.25, -0.2) is 0 Å². The highest BCUT2D eigenvalue weighted by atomic mass is 32.2. The molecule has 1 aromatic carbocycles. The van der Waals surface area contributed by atoms with Gasteiger partial charge in [0.15, 0.2) is 0 Å². The smallest absolute Gasteiger partial charge is 0.232 e. The maximum Gasteiger partial charge on any atom is 0.232 e. The van der Waals surface area contributed by atoms with Crippen LogP contribution in [0.5, 0.6) is 0 Å². The van der Waals surface area contributed by atoms with E-state index in [1.807, 2.05) is 30.3 Å². The second-order valence-corrected chi connectivity index (χ2v) is 5.37. The molecule has 0 heterocycles. The zero-order valence-corrected chi connectivity index (χ0v) is 11.0. The minimum Gasteiger partial charge on any atom is -0.355 e. The van der Waals surface area contributed by atoms with Crippen molar-refractivity contribution in [3.63, 3.8) is 0 Å². The van der Waals surface area contributed by atoms with Gasteiger partial charge in [-0.1, -0.05) is 43.7 Å². The summed E-state index contributed by atoms with van der Waals surface area (Å²) in [6.45, 7) is 2.75. The standard InChI is InChI=1S/C13H19NO2S/c1-2-3-9-14-13(15)11-17(16)10-12-7-5-4-6-8-12/h4-8H,2-3,9-11H2,1H3,(H,14,15). The van der Waals surface area contributed by atoms with E-state index in [-0.39, 0.29) is 11.7 Å². The first kappa shape index (κ1) is 13.9. The van der Waals surface area contributed by atoms with Crippen LogP contribution in [0.4, 0.5) is 0 Å². The number of carbonyl (C=O) groups is 1. The molecule has 0 aliphatic carbocycles. The maximum atomic E-state index is 11.7. The molecule has 17 heavy (non-hydrogen) atoms. The van der Waals surface area contributed by atoms with Gasteiger partial charge < -0.3 is 5.32 Å². The molecule has 0 spiro atoms. The first-order chi connectivity index (χ1) is 8.22. The van der Waals surface area contributed by atoms with Gasteiger partial charge >= 0.3 is 0 Å². The van der Waals surface area contributed by atoms with E-state index in [4.69, 9.17) is 0 Å². The van der Waals surface area contributed by atoms with E-state index in [9.17, 15) is 9.00 Å². The van der Waals surface area contributed by atoms with Crippen molar-refractivity contribution >= 4 is 16.7 Å². The van der Waals surface area contributed by atoms with Gasteiger partial charge in [0.1, 0.15) is 5.75 Å². The molecule has 0 saturated carbocycles. The molecule has 0 aromatic heterocycles. The molecule has 4 heteroatoms. The largest absolute Gasteiger partial charge is 0.355 e. The van der Waals surface area contributed by atoms with Crippen molar-refractivity contribution in [2.75, 3.05) is 12.3 Å². The van der Waals surface area contributed by atoms with Crippen LogP contribution in [0.15, 0.2) is 30.3 Å². The molecule has 1 atom stereocenters. The van der Waals surface area contributed by atoms with Crippen molar-refractivity contribution in [1.29, 1.82) is 0 Å². The molecular weight excluding hydrogens is 234 g/mol. The molecule has 1 unspecified atom stereocenters. The van der Waals surface area contributed by atoms with Crippen LogP contribution in [-0.4, -0.2) is 22.4 Å². The van der Waals surface area contributed by atoms with E-state index in [1.165, 1.54) is 0 Å². The summed E-state index contributed by atoms with van der Waals surface area (Å²) in [5, 5.41) is 2.77. The van der Waals surface area contributed by atoms with E-state index in [2.05, 4.69) is 12.2 Å². The lowest BCUT2D eigenvalue weighted by Gasteiger charge is -2.04. The van der Waals surface area contributed by atoms with E-state index in [0.717, 1.165) is 18.4 Å². The number of amides is 1. The molecule has 0 fully saturated rings. The SMILES string of the molecule is CCCCNC(=O)CS(=O)Cc1ccccc1. The van der Waals surface area contributed by atoms with E-state index in [0.29, 0.717) is 12.3 Å². The van der Waals surface area contributed by atoms with Crippen molar-refractivity contribution in [3.05, 3.63) is 35.9 Å². The predicted molar refractivity (Wildman–Crippen MR) is 71.1 cm³/mol. The molecular formula is C13H19NO2S. The summed E-state index contributed by atoms with van der Waals surface area (Å²) in [5.74, 6) is 0.424. The second kappa shape index (κ2) is 8.01. The Hall–Kier alpha value is -1.16.